The highest BCUT2D eigenvalue weighted by molar-refractivity contribution is 7.14. The van der Waals surface area contributed by atoms with Crippen LogP contribution in [-0.2, 0) is 6.42 Å². The Morgan fingerprint density at radius 2 is 1.59 bits per heavy atom. The van der Waals surface area contributed by atoms with Gasteiger partial charge in [-0.05, 0) is 53.1 Å². The molecule has 0 unspecified atom stereocenters. The summed E-state index contributed by atoms with van der Waals surface area (Å²) < 4.78 is 6.07. The van der Waals surface area contributed by atoms with Crippen LogP contribution in [0.3, 0.4) is 0 Å². The standard InChI is InChI=1S/C27H22N4OS2/c28-18(13-17-15-29-21-6-2-1-5-20(17)21)16-32-19-9-10-22-23(14-19)31-27(25-8-4-12-34-25)26(30-22)24-7-3-11-33-24/h1-12,14-15,18,29H,13,16,28H2/t18-/m0/s1. The quantitative estimate of drug-likeness (QED) is 0.272. The number of thiophene rings is 2. The minimum absolute atomic E-state index is 0.121. The van der Waals surface area contributed by atoms with Crippen molar-refractivity contribution in [3.8, 4) is 26.9 Å². The van der Waals surface area contributed by atoms with E-state index >= 15 is 0 Å². The summed E-state index contributed by atoms with van der Waals surface area (Å²) in [5, 5.41) is 5.34. The van der Waals surface area contributed by atoms with Crippen LogP contribution in [0, 0.1) is 0 Å². The Bertz CT molecular complexity index is 1550. The van der Waals surface area contributed by atoms with Crippen molar-refractivity contribution >= 4 is 44.6 Å². The number of rotatable bonds is 7. The Morgan fingerprint density at radius 1 is 0.853 bits per heavy atom. The molecule has 7 heteroatoms. The van der Waals surface area contributed by atoms with Gasteiger partial charge in [-0.15, -0.1) is 22.7 Å². The summed E-state index contributed by atoms with van der Waals surface area (Å²) in [5.41, 5.74) is 12.2. The molecule has 4 heterocycles. The molecule has 3 N–H and O–H groups in total. The third-order valence-corrected chi connectivity index (χ3v) is 7.52. The van der Waals surface area contributed by atoms with Crippen LogP contribution in [0.25, 0.3) is 43.1 Å². The average Bonchev–Trinajstić information content (AvgIpc) is 3.65. The van der Waals surface area contributed by atoms with E-state index in [0.717, 1.165) is 49.9 Å². The van der Waals surface area contributed by atoms with Crippen molar-refractivity contribution in [3.63, 3.8) is 0 Å². The third-order valence-electron chi connectivity index (χ3n) is 5.77. The number of ether oxygens (including phenoxy) is 1. The average molecular weight is 483 g/mol. The van der Waals surface area contributed by atoms with E-state index in [9.17, 15) is 0 Å². The molecular weight excluding hydrogens is 460 g/mol. The largest absolute Gasteiger partial charge is 0.492 e. The van der Waals surface area contributed by atoms with Gasteiger partial charge in [0.25, 0.3) is 0 Å². The highest BCUT2D eigenvalue weighted by atomic mass is 32.1. The lowest BCUT2D eigenvalue weighted by Crippen LogP contribution is -2.30. The van der Waals surface area contributed by atoms with E-state index in [-0.39, 0.29) is 6.04 Å². The first-order valence-corrected chi connectivity index (χ1v) is 12.8. The summed E-state index contributed by atoms with van der Waals surface area (Å²) in [5.74, 6) is 0.747. The van der Waals surface area contributed by atoms with Crippen molar-refractivity contribution in [3.05, 3.63) is 89.3 Å². The molecular formula is C27H22N4OS2. The third kappa shape index (κ3) is 4.09. The Balaban J connectivity index is 1.24. The number of H-pyrrole nitrogens is 1. The van der Waals surface area contributed by atoms with Gasteiger partial charge in [0.15, 0.2) is 0 Å². The molecule has 5 nitrogen and oxygen atoms in total. The number of benzene rings is 2. The molecule has 34 heavy (non-hydrogen) atoms. The summed E-state index contributed by atoms with van der Waals surface area (Å²) in [6.07, 6.45) is 2.78. The van der Waals surface area contributed by atoms with Crippen LogP contribution >= 0.6 is 22.7 Å². The van der Waals surface area contributed by atoms with Crippen LogP contribution < -0.4 is 10.5 Å². The van der Waals surface area contributed by atoms with Crippen molar-refractivity contribution in [1.82, 2.24) is 15.0 Å². The molecule has 0 spiro atoms. The van der Waals surface area contributed by atoms with Crippen molar-refractivity contribution in [2.75, 3.05) is 6.61 Å². The van der Waals surface area contributed by atoms with Crippen molar-refractivity contribution < 1.29 is 4.74 Å². The molecule has 2 aromatic carbocycles. The summed E-state index contributed by atoms with van der Waals surface area (Å²) in [6.45, 7) is 0.420. The molecule has 0 saturated heterocycles. The molecule has 0 aliphatic heterocycles. The van der Waals surface area contributed by atoms with E-state index in [0.29, 0.717) is 6.61 Å². The smallest absolute Gasteiger partial charge is 0.121 e. The molecule has 0 bridgehead atoms. The highest BCUT2D eigenvalue weighted by Gasteiger charge is 2.16. The predicted molar refractivity (Wildman–Crippen MR) is 142 cm³/mol. The number of para-hydroxylation sites is 1. The fraction of sp³-hybridized carbons (Fsp3) is 0.111. The van der Waals surface area contributed by atoms with Gasteiger partial charge in [0.2, 0.25) is 0 Å². The number of aromatic amines is 1. The zero-order valence-corrected chi connectivity index (χ0v) is 19.9. The van der Waals surface area contributed by atoms with Crippen molar-refractivity contribution in [2.24, 2.45) is 5.73 Å². The molecule has 6 aromatic rings. The first kappa shape index (κ1) is 21.0. The lowest BCUT2D eigenvalue weighted by Gasteiger charge is -2.14. The second-order valence-electron chi connectivity index (χ2n) is 8.16. The number of nitrogens with one attached hydrogen (secondary N) is 1. The Morgan fingerprint density at radius 3 is 2.32 bits per heavy atom. The predicted octanol–water partition coefficient (Wildman–Crippen LogP) is 6.52. The number of nitrogens with two attached hydrogens (primary N) is 1. The summed E-state index contributed by atoms with van der Waals surface area (Å²) >= 11 is 3.34. The molecule has 0 aliphatic rings. The summed E-state index contributed by atoms with van der Waals surface area (Å²) in [7, 11) is 0. The van der Waals surface area contributed by atoms with Crippen molar-refractivity contribution in [1.29, 1.82) is 0 Å². The Labute approximate surface area is 204 Å². The SMILES string of the molecule is N[C@H](COc1ccc2nc(-c3cccs3)c(-c3cccs3)nc2c1)Cc1c[nH]c2ccccc12. The van der Waals surface area contributed by atoms with Gasteiger partial charge in [-0.25, -0.2) is 9.97 Å². The number of nitrogens with zero attached hydrogens (tertiary/aromatic N) is 2. The van der Waals surface area contributed by atoms with Gasteiger partial charge in [-0.1, -0.05) is 30.3 Å². The molecule has 0 aliphatic carbocycles. The minimum atomic E-state index is -0.121. The van der Waals surface area contributed by atoms with Gasteiger partial charge >= 0.3 is 0 Å². The Hall–Kier alpha value is -3.52. The van der Waals surface area contributed by atoms with Crippen LogP contribution in [0.15, 0.2) is 83.7 Å². The van der Waals surface area contributed by atoms with Gasteiger partial charge < -0.3 is 15.5 Å². The maximum absolute atomic E-state index is 6.41. The minimum Gasteiger partial charge on any atom is -0.492 e. The zero-order chi connectivity index (χ0) is 22.9. The summed E-state index contributed by atoms with van der Waals surface area (Å²) in [6, 6.07) is 22.3. The van der Waals surface area contributed by atoms with Gasteiger partial charge in [0.1, 0.15) is 23.7 Å². The number of aromatic nitrogens is 3. The molecule has 6 rings (SSSR count). The van der Waals surface area contributed by atoms with Crippen LogP contribution in [0.1, 0.15) is 5.56 Å². The monoisotopic (exact) mass is 482 g/mol. The van der Waals surface area contributed by atoms with Crippen LogP contribution in [0.4, 0.5) is 0 Å². The lowest BCUT2D eigenvalue weighted by atomic mass is 10.1. The first-order valence-electron chi connectivity index (χ1n) is 11.1. The lowest BCUT2D eigenvalue weighted by molar-refractivity contribution is 0.288. The topological polar surface area (TPSA) is 76.8 Å². The van der Waals surface area contributed by atoms with Crippen LogP contribution in [0.5, 0.6) is 5.75 Å². The van der Waals surface area contributed by atoms with Crippen LogP contribution in [0.2, 0.25) is 0 Å². The molecule has 0 fully saturated rings. The van der Waals surface area contributed by atoms with Crippen LogP contribution in [-0.4, -0.2) is 27.6 Å². The van der Waals surface area contributed by atoms with E-state index < -0.39 is 0 Å². The molecule has 0 amide bonds. The van der Waals surface area contributed by atoms with E-state index in [2.05, 4.69) is 40.0 Å². The van der Waals surface area contributed by atoms with E-state index in [1.54, 1.807) is 22.7 Å². The molecule has 168 valence electrons. The molecule has 0 saturated carbocycles. The normalized spacial score (nSPS) is 12.4. The zero-order valence-electron chi connectivity index (χ0n) is 18.3. The van der Waals surface area contributed by atoms with E-state index in [4.69, 9.17) is 20.4 Å². The number of hydrogen-bond acceptors (Lipinski definition) is 6. The fourth-order valence-corrected chi connectivity index (χ4v) is 5.57. The first-order chi connectivity index (χ1) is 16.7. The Kier molecular flexibility index (Phi) is 5.58. The molecule has 0 radical (unpaired) electrons. The highest BCUT2D eigenvalue weighted by Crippen LogP contribution is 2.36. The van der Waals surface area contributed by atoms with Crippen molar-refractivity contribution in [2.45, 2.75) is 12.5 Å². The molecule has 4 aromatic heterocycles. The summed E-state index contributed by atoms with van der Waals surface area (Å²) in [4.78, 5) is 15.5. The van der Waals surface area contributed by atoms with E-state index in [1.165, 1.54) is 10.9 Å². The number of hydrogen-bond donors (Lipinski definition) is 2. The van der Waals surface area contributed by atoms with Gasteiger partial charge in [0, 0.05) is 29.2 Å². The van der Waals surface area contributed by atoms with E-state index in [1.807, 2.05) is 48.7 Å². The second-order valence-corrected chi connectivity index (χ2v) is 10.1. The van der Waals surface area contributed by atoms with Gasteiger partial charge in [0.05, 0.1) is 20.8 Å². The molecule has 1 atom stereocenters. The maximum atomic E-state index is 6.41. The number of fused-ring (bicyclic) bond motifs is 2. The fourth-order valence-electron chi connectivity index (χ4n) is 4.14. The maximum Gasteiger partial charge on any atom is 0.121 e. The van der Waals surface area contributed by atoms with Gasteiger partial charge in [-0.3, -0.25) is 0 Å². The van der Waals surface area contributed by atoms with Gasteiger partial charge in [-0.2, -0.15) is 0 Å². The second kappa shape index (κ2) is 9.02.